The maximum absolute atomic E-state index is 13.0. The van der Waals surface area contributed by atoms with E-state index in [-0.39, 0.29) is 15.7 Å². The normalized spacial score (nSPS) is 15.5. The SMILES string of the molecule is Cc1ccc(C(=C2C=CC(=[NH+]c3c(C)cc(C)c(C)c3C)C(C(C)(C)C)=C2)c2ccc(Nc3c(C)cc(C)c(C)c3C)c(C(C)(C)C)c2)c(S(=O)(=O)[O-])c1. The number of nitrogens with one attached hydrogen (secondary N) is 2. The Balaban J connectivity index is 1.84. The number of benzene rings is 4. The molecule has 0 amide bonds. The third-order valence-corrected chi connectivity index (χ3v) is 12.0. The lowest BCUT2D eigenvalue weighted by Gasteiger charge is -2.28. The van der Waals surface area contributed by atoms with Crippen LogP contribution in [0.5, 0.6) is 0 Å². The molecule has 284 valence electrons. The van der Waals surface area contributed by atoms with Gasteiger partial charge in [0.1, 0.15) is 10.1 Å². The quantitative estimate of drug-likeness (QED) is 0.193. The highest BCUT2D eigenvalue weighted by molar-refractivity contribution is 7.85. The lowest BCUT2D eigenvalue weighted by molar-refractivity contribution is -0.353. The van der Waals surface area contributed by atoms with Crippen molar-refractivity contribution in [1.29, 1.82) is 0 Å². The summed E-state index contributed by atoms with van der Waals surface area (Å²) in [5, 5.41) is 3.79. The zero-order valence-electron chi connectivity index (χ0n) is 35.0. The second kappa shape index (κ2) is 14.6. The van der Waals surface area contributed by atoms with E-state index in [1.165, 1.54) is 50.6 Å². The molecule has 0 aromatic heterocycles. The fraction of sp³-hybridized carbons (Fsp3) is 0.354. The number of anilines is 2. The first-order valence-electron chi connectivity index (χ1n) is 18.8. The second-order valence-corrected chi connectivity index (χ2v) is 18.7. The van der Waals surface area contributed by atoms with Crippen LogP contribution >= 0.6 is 0 Å². The molecule has 0 unspecified atom stereocenters. The van der Waals surface area contributed by atoms with Crippen LogP contribution in [0.15, 0.2) is 82.8 Å². The minimum atomic E-state index is -4.82. The molecule has 0 saturated heterocycles. The molecule has 0 fully saturated rings. The molecule has 0 aliphatic heterocycles. The van der Waals surface area contributed by atoms with Gasteiger partial charge in [0.25, 0.3) is 0 Å². The van der Waals surface area contributed by atoms with Crippen molar-refractivity contribution in [2.24, 2.45) is 5.41 Å². The Labute approximate surface area is 324 Å². The molecular weight excluding hydrogens is 685 g/mol. The third-order valence-electron chi connectivity index (χ3n) is 11.1. The van der Waals surface area contributed by atoms with Gasteiger partial charge in [0.05, 0.1) is 4.90 Å². The van der Waals surface area contributed by atoms with Gasteiger partial charge in [-0.15, -0.1) is 0 Å². The van der Waals surface area contributed by atoms with Crippen molar-refractivity contribution in [2.75, 3.05) is 5.32 Å². The van der Waals surface area contributed by atoms with Gasteiger partial charge in [-0.3, -0.25) is 0 Å². The summed E-state index contributed by atoms with van der Waals surface area (Å²) in [6.07, 6.45) is 6.30. The van der Waals surface area contributed by atoms with Crippen LogP contribution in [-0.2, 0) is 15.5 Å². The van der Waals surface area contributed by atoms with Crippen LogP contribution in [0.1, 0.15) is 108 Å². The number of aryl methyl sites for hydroxylation is 5. The molecule has 0 radical (unpaired) electrons. The van der Waals surface area contributed by atoms with Crippen LogP contribution in [0.25, 0.3) is 5.57 Å². The molecule has 4 aromatic carbocycles. The molecule has 1 aliphatic carbocycles. The van der Waals surface area contributed by atoms with E-state index in [0.717, 1.165) is 45.0 Å². The van der Waals surface area contributed by atoms with Crippen LogP contribution in [0.2, 0.25) is 0 Å². The van der Waals surface area contributed by atoms with Crippen molar-refractivity contribution in [2.45, 2.75) is 114 Å². The van der Waals surface area contributed by atoms with Gasteiger partial charge in [-0.1, -0.05) is 65.8 Å². The lowest BCUT2D eigenvalue weighted by Crippen LogP contribution is -2.68. The van der Waals surface area contributed by atoms with E-state index < -0.39 is 10.1 Å². The molecule has 0 bridgehead atoms. The van der Waals surface area contributed by atoms with Gasteiger partial charge in [-0.2, -0.15) is 0 Å². The van der Waals surface area contributed by atoms with Crippen molar-refractivity contribution in [1.82, 2.24) is 0 Å². The van der Waals surface area contributed by atoms with Crippen molar-refractivity contribution < 1.29 is 18.0 Å². The highest BCUT2D eigenvalue weighted by atomic mass is 32.2. The van der Waals surface area contributed by atoms with Crippen molar-refractivity contribution in [3.8, 4) is 0 Å². The number of allylic oxidation sites excluding steroid dienone is 5. The van der Waals surface area contributed by atoms with Gasteiger partial charge >= 0.3 is 0 Å². The van der Waals surface area contributed by atoms with E-state index in [1.54, 1.807) is 6.07 Å². The Bertz CT molecular complexity index is 2430. The van der Waals surface area contributed by atoms with E-state index in [2.05, 4.69) is 144 Å². The lowest BCUT2D eigenvalue weighted by atomic mass is 9.77. The van der Waals surface area contributed by atoms with Crippen LogP contribution in [0, 0.1) is 67.7 Å². The maximum Gasteiger partial charge on any atom is 0.210 e. The molecule has 0 saturated carbocycles. The van der Waals surface area contributed by atoms with E-state index in [0.29, 0.717) is 16.7 Å². The van der Waals surface area contributed by atoms with Gasteiger partial charge in [0.15, 0.2) is 0 Å². The predicted molar refractivity (Wildman–Crippen MR) is 227 cm³/mol. The van der Waals surface area contributed by atoms with Crippen LogP contribution in [0.3, 0.4) is 0 Å². The highest BCUT2D eigenvalue weighted by Crippen LogP contribution is 2.42. The van der Waals surface area contributed by atoms with Gasteiger partial charge in [0, 0.05) is 39.7 Å². The van der Waals surface area contributed by atoms with Gasteiger partial charge in [-0.25, -0.2) is 13.4 Å². The smallest absolute Gasteiger partial charge is 0.210 e. The molecule has 6 heteroatoms. The standard InChI is InChI=1S/C48H58N2O3S/c1-27-16-19-38(43(22-27)54(51,52)53)44(36-17-20-41(39(25-36)47(10,11)12)49-45-30(4)23-28(2)32(6)34(45)8)37-18-21-42(40(26-37)48(13,14)15)50-46-31(5)24-29(3)33(7)35(46)9/h16-26,49H,1-15H3,(H,51,52,53). The van der Waals surface area contributed by atoms with Crippen LogP contribution in [0.4, 0.5) is 17.1 Å². The average molecular weight is 743 g/mol. The van der Waals surface area contributed by atoms with Crippen molar-refractivity contribution >= 4 is 38.5 Å². The minimum Gasteiger partial charge on any atom is -0.744 e. The molecule has 4 aromatic rings. The largest absolute Gasteiger partial charge is 0.744 e. The molecule has 5 rings (SSSR count). The summed E-state index contributed by atoms with van der Waals surface area (Å²) < 4.78 is 38.9. The summed E-state index contributed by atoms with van der Waals surface area (Å²) in [6.45, 7) is 32.1. The summed E-state index contributed by atoms with van der Waals surface area (Å²) in [6, 6.07) is 15.9. The molecule has 54 heavy (non-hydrogen) atoms. The van der Waals surface area contributed by atoms with Crippen molar-refractivity contribution in [3.63, 3.8) is 0 Å². The summed E-state index contributed by atoms with van der Waals surface area (Å²) in [5.41, 5.74) is 19.0. The molecular formula is C48H58N2O3S. The number of hydrogen-bond acceptors (Lipinski definition) is 4. The zero-order chi connectivity index (χ0) is 40.2. The van der Waals surface area contributed by atoms with Crippen molar-refractivity contribution in [3.05, 3.63) is 145 Å². The molecule has 0 heterocycles. The average Bonchev–Trinajstić information content (AvgIpc) is 3.06. The first kappa shape index (κ1) is 40.7. The first-order chi connectivity index (χ1) is 24.9. The van der Waals surface area contributed by atoms with Gasteiger partial charge in [0.2, 0.25) is 11.4 Å². The summed E-state index contributed by atoms with van der Waals surface area (Å²) in [7, 11) is -4.82. The van der Waals surface area contributed by atoms with Gasteiger partial charge < -0.3 is 9.87 Å². The number of hydrogen-bond donors (Lipinski definition) is 2. The Morgan fingerprint density at radius 1 is 0.667 bits per heavy atom. The topological polar surface area (TPSA) is 83.2 Å². The maximum atomic E-state index is 13.0. The first-order valence-corrected chi connectivity index (χ1v) is 20.2. The van der Waals surface area contributed by atoms with E-state index in [4.69, 9.17) is 0 Å². The summed E-state index contributed by atoms with van der Waals surface area (Å²) in [4.78, 5) is 3.56. The summed E-state index contributed by atoms with van der Waals surface area (Å²) >= 11 is 0. The van der Waals surface area contributed by atoms with Crippen LogP contribution < -0.4 is 10.3 Å². The second-order valence-electron chi connectivity index (χ2n) is 17.4. The Morgan fingerprint density at radius 2 is 1.28 bits per heavy atom. The highest BCUT2D eigenvalue weighted by Gasteiger charge is 2.30. The minimum absolute atomic E-state index is 0.223. The monoisotopic (exact) mass is 742 g/mol. The fourth-order valence-corrected chi connectivity index (χ4v) is 8.37. The predicted octanol–water partition coefficient (Wildman–Crippen LogP) is 10.6. The Hall–Kier alpha value is -4.52. The fourth-order valence-electron chi connectivity index (χ4n) is 7.60. The van der Waals surface area contributed by atoms with E-state index in [9.17, 15) is 13.0 Å². The zero-order valence-corrected chi connectivity index (χ0v) is 35.8. The molecule has 0 spiro atoms. The molecule has 5 nitrogen and oxygen atoms in total. The Morgan fingerprint density at radius 3 is 1.87 bits per heavy atom. The van der Waals surface area contributed by atoms with E-state index >= 15 is 0 Å². The number of rotatable bonds is 6. The van der Waals surface area contributed by atoms with Crippen LogP contribution in [-0.4, -0.2) is 18.7 Å². The van der Waals surface area contributed by atoms with E-state index in [1.807, 2.05) is 25.1 Å². The summed E-state index contributed by atoms with van der Waals surface area (Å²) in [5.74, 6) is 0. The van der Waals surface area contributed by atoms with Gasteiger partial charge in [-0.05, 0) is 171 Å². The molecule has 0 atom stereocenters. The molecule has 2 N–H and O–H groups in total. The third kappa shape index (κ3) is 8.11. The Kier molecular flexibility index (Phi) is 11.0. The molecule has 1 aliphatic rings.